The molecule has 6 heteroatoms. The number of pyridine rings is 1. The Morgan fingerprint density at radius 1 is 1.07 bits per heavy atom. The van der Waals surface area contributed by atoms with Gasteiger partial charge in [0, 0.05) is 29.7 Å². The molecule has 4 rings (SSSR count). The van der Waals surface area contributed by atoms with Gasteiger partial charge in [-0.05, 0) is 48.0 Å². The van der Waals surface area contributed by atoms with E-state index < -0.39 is 0 Å². The Balaban J connectivity index is 1.61. The topological polar surface area (TPSA) is 67.8 Å². The first-order chi connectivity index (χ1) is 14.1. The minimum absolute atomic E-state index is 0.216. The summed E-state index contributed by atoms with van der Waals surface area (Å²) < 4.78 is 14.4. The summed E-state index contributed by atoms with van der Waals surface area (Å²) in [6.07, 6.45) is 8.05. The van der Waals surface area contributed by atoms with Gasteiger partial charge in [0.15, 0.2) is 5.78 Å². The van der Waals surface area contributed by atoms with Crippen LogP contribution in [-0.2, 0) is 0 Å². The molecule has 0 bridgehead atoms. The number of nitrogens with zero attached hydrogens (tertiary/aromatic N) is 2. The van der Waals surface area contributed by atoms with Crippen molar-refractivity contribution >= 4 is 11.9 Å². The molecular weight excluding hydrogens is 369 g/mol. The molecule has 2 heterocycles. The Kier molecular flexibility index (Phi) is 4.99. The van der Waals surface area contributed by atoms with E-state index in [2.05, 4.69) is 9.97 Å². The number of allylic oxidation sites excluding steroid dienone is 1. The highest BCUT2D eigenvalue weighted by Gasteiger charge is 2.09. The number of aromatic amines is 1. The molecule has 0 aliphatic carbocycles. The minimum Gasteiger partial charge on any atom is -0.305 e. The first-order valence-corrected chi connectivity index (χ1v) is 8.91. The van der Waals surface area contributed by atoms with Gasteiger partial charge in [0.05, 0.1) is 11.4 Å². The molecule has 0 amide bonds. The lowest BCUT2D eigenvalue weighted by molar-refractivity contribution is 0.104. The predicted octanol–water partition coefficient (Wildman–Crippen LogP) is 4.26. The number of aromatic nitrogens is 3. The Morgan fingerprint density at radius 2 is 1.90 bits per heavy atom. The van der Waals surface area contributed by atoms with Crippen molar-refractivity contribution in [1.29, 1.82) is 0 Å². The monoisotopic (exact) mass is 385 g/mol. The molecule has 1 N–H and O–H groups in total. The van der Waals surface area contributed by atoms with E-state index in [-0.39, 0.29) is 17.3 Å². The van der Waals surface area contributed by atoms with Crippen LogP contribution in [0.1, 0.15) is 15.9 Å². The molecule has 0 saturated heterocycles. The third-order valence-electron chi connectivity index (χ3n) is 4.40. The number of halogens is 1. The van der Waals surface area contributed by atoms with E-state index in [4.69, 9.17) is 0 Å². The highest BCUT2D eigenvalue weighted by molar-refractivity contribution is 6.07. The van der Waals surface area contributed by atoms with Crippen LogP contribution < -0.4 is 5.69 Å². The van der Waals surface area contributed by atoms with Gasteiger partial charge < -0.3 is 4.98 Å². The van der Waals surface area contributed by atoms with Crippen molar-refractivity contribution < 1.29 is 9.18 Å². The maximum Gasteiger partial charge on any atom is 0.330 e. The van der Waals surface area contributed by atoms with E-state index in [0.29, 0.717) is 16.9 Å². The van der Waals surface area contributed by atoms with Crippen molar-refractivity contribution in [3.8, 4) is 16.9 Å². The van der Waals surface area contributed by atoms with Gasteiger partial charge in [-0.15, -0.1) is 0 Å². The average Bonchev–Trinajstić information content (AvgIpc) is 3.15. The Bertz CT molecular complexity index is 1240. The molecule has 4 aromatic rings. The average molecular weight is 385 g/mol. The van der Waals surface area contributed by atoms with Gasteiger partial charge in [-0.3, -0.25) is 14.3 Å². The van der Waals surface area contributed by atoms with Crippen LogP contribution in [0.3, 0.4) is 0 Å². The van der Waals surface area contributed by atoms with Crippen molar-refractivity contribution in [3.05, 3.63) is 113 Å². The van der Waals surface area contributed by atoms with Crippen LogP contribution in [0.15, 0.2) is 90.1 Å². The van der Waals surface area contributed by atoms with Gasteiger partial charge in [0.1, 0.15) is 5.82 Å². The van der Waals surface area contributed by atoms with Crippen molar-refractivity contribution in [3.63, 3.8) is 0 Å². The van der Waals surface area contributed by atoms with Gasteiger partial charge in [0.25, 0.3) is 0 Å². The lowest BCUT2D eigenvalue weighted by Gasteiger charge is -2.03. The van der Waals surface area contributed by atoms with Crippen LogP contribution >= 0.6 is 0 Å². The number of rotatable bonds is 5. The number of hydrogen-bond donors (Lipinski definition) is 1. The molecular formula is C23H16FN3O2. The fourth-order valence-electron chi connectivity index (χ4n) is 2.91. The van der Waals surface area contributed by atoms with Crippen LogP contribution in [0.5, 0.6) is 0 Å². The van der Waals surface area contributed by atoms with Gasteiger partial charge in [-0.1, -0.05) is 30.3 Å². The zero-order valence-corrected chi connectivity index (χ0v) is 15.2. The number of benzene rings is 2. The van der Waals surface area contributed by atoms with Gasteiger partial charge in [-0.25, -0.2) is 9.18 Å². The third kappa shape index (κ3) is 4.11. The number of ketones is 1. The van der Waals surface area contributed by atoms with E-state index in [0.717, 1.165) is 11.1 Å². The summed E-state index contributed by atoms with van der Waals surface area (Å²) in [7, 11) is 0. The molecule has 29 heavy (non-hydrogen) atoms. The SMILES string of the molecule is O=C(/C=C/c1ccc(F)cc1)c1cccc(-n2cc(-c3cccnc3)[nH]c2=O)c1. The normalized spacial score (nSPS) is 11.1. The second-order valence-corrected chi connectivity index (χ2v) is 6.38. The van der Waals surface area contributed by atoms with Gasteiger partial charge in [0.2, 0.25) is 0 Å². The standard InChI is InChI=1S/C23H16FN3O2/c24-19-9-6-16(7-10-19)8-11-22(28)17-3-1-5-20(13-17)27-15-21(26-23(27)29)18-4-2-12-25-14-18/h1-15H,(H,26,29)/b11-8+. The summed E-state index contributed by atoms with van der Waals surface area (Å²) in [5.41, 5.74) is 2.85. The quantitative estimate of drug-likeness (QED) is 0.412. The first-order valence-electron chi connectivity index (χ1n) is 8.91. The highest BCUT2D eigenvalue weighted by Crippen LogP contribution is 2.17. The zero-order chi connectivity index (χ0) is 20.2. The lowest BCUT2D eigenvalue weighted by atomic mass is 10.1. The summed E-state index contributed by atoms with van der Waals surface area (Å²) in [6.45, 7) is 0. The van der Waals surface area contributed by atoms with Gasteiger partial charge >= 0.3 is 5.69 Å². The number of imidazole rings is 1. The van der Waals surface area contributed by atoms with Crippen LogP contribution in [0, 0.1) is 5.82 Å². The maximum atomic E-state index is 13.0. The van der Waals surface area contributed by atoms with E-state index in [1.165, 1.54) is 22.8 Å². The summed E-state index contributed by atoms with van der Waals surface area (Å²) in [6, 6.07) is 16.3. The first kappa shape index (κ1) is 18.3. The summed E-state index contributed by atoms with van der Waals surface area (Å²) in [5, 5.41) is 0. The van der Waals surface area contributed by atoms with E-state index in [1.54, 1.807) is 67.1 Å². The Morgan fingerprint density at radius 3 is 2.66 bits per heavy atom. The number of carbonyl (C=O) groups excluding carboxylic acids is 1. The molecule has 0 spiro atoms. The number of hydrogen-bond acceptors (Lipinski definition) is 3. The zero-order valence-electron chi connectivity index (χ0n) is 15.2. The molecule has 0 fully saturated rings. The summed E-state index contributed by atoms with van der Waals surface area (Å²) in [5.74, 6) is -0.545. The Labute approximate surface area is 165 Å². The van der Waals surface area contributed by atoms with Crippen LogP contribution in [0.25, 0.3) is 23.0 Å². The summed E-state index contributed by atoms with van der Waals surface area (Å²) in [4.78, 5) is 31.8. The molecule has 0 radical (unpaired) electrons. The maximum absolute atomic E-state index is 13.0. The smallest absolute Gasteiger partial charge is 0.305 e. The van der Waals surface area contributed by atoms with Crippen LogP contribution in [0.2, 0.25) is 0 Å². The molecule has 0 atom stereocenters. The van der Waals surface area contributed by atoms with Crippen LogP contribution in [-0.4, -0.2) is 20.3 Å². The largest absolute Gasteiger partial charge is 0.330 e. The third-order valence-corrected chi connectivity index (χ3v) is 4.40. The summed E-state index contributed by atoms with van der Waals surface area (Å²) >= 11 is 0. The number of nitrogens with one attached hydrogen (secondary N) is 1. The molecule has 2 aromatic carbocycles. The number of H-pyrrole nitrogens is 1. The van der Waals surface area contributed by atoms with E-state index >= 15 is 0 Å². The minimum atomic E-state index is -0.330. The van der Waals surface area contributed by atoms with Crippen molar-refractivity contribution in [2.75, 3.05) is 0 Å². The fourth-order valence-corrected chi connectivity index (χ4v) is 2.91. The molecule has 2 aromatic heterocycles. The van der Waals surface area contributed by atoms with E-state index in [9.17, 15) is 14.0 Å². The van der Waals surface area contributed by atoms with Crippen molar-refractivity contribution in [2.24, 2.45) is 0 Å². The second-order valence-electron chi connectivity index (χ2n) is 6.38. The molecule has 142 valence electrons. The molecule has 0 saturated carbocycles. The Hall–Kier alpha value is -4.06. The fraction of sp³-hybridized carbons (Fsp3) is 0. The molecule has 5 nitrogen and oxygen atoms in total. The van der Waals surface area contributed by atoms with Gasteiger partial charge in [-0.2, -0.15) is 0 Å². The second kappa shape index (κ2) is 7.90. The highest BCUT2D eigenvalue weighted by atomic mass is 19.1. The molecule has 0 unspecified atom stereocenters. The van der Waals surface area contributed by atoms with Crippen molar-refractivity contribution in [1.82, 2.24) is 14.5 Å². The predicted molar refractivity (Wildman–Crippen MR) is 109 cm³/mol. The van der Waals surface area contributed by atoms with E-state index in [1.807, 2.05) is 6.07 Å². The molecule has 0 aliphatic rings. The molecule has 0 aliphatic heterocycles. The lowest BCUT2D eigenvalue weighted by Crippen LogP contribution is -2.14. The number of carbonyl (C=O) groups is 1. The van der Waals surface area contributed by atoms with Crippen molar-refractivity contribution in [2.45, 2.75) is 0 Å². The van der Waals surface area contributed by atoms with Crippen LogP contribution in [0.4, 0.5) is 4.39 Å².